The molecule has 0 bridgehead atoms. The van der Waals surface area contributed by atoms with Crippen molar-refractivity contribution < 1.29 is 0 Å². The maximum Gasteiger partial charge on any atom is 0.137 e. The Morgan fingerprint density at radius 3 is 1.57 bits per heavy atom. The largest absolute Gasteiger partial charge is 0.321 e. The van der Waals surface area contributed by atoms with Gasteiger partial charge in [0.05, 0.1) is 22.4 Å². The molecule has 0 atom stereocenters. The van der Waals surface area contributed by atoms with Crippen molar-refractivity contribution in [3.05, 3.63) is 246 Å². The van der Waals surface area contributed by atoms with Crippen LogP contribution in [0, 0.1) is 0 Å². The van der Waals surface area contributed by atoms with Gasteiger partial charge in [-0.05, 0) is 131 Å². The summed E-state index contributed by atoms with van der Waals surface area (Å²) in [6.07, 6.45) is 1.98. The molecule has 0 unspecified atom stereocenters. The van der Waals surface area contributed by atoms with Gasteiger partial charge in [0.25, 0.3) is 0 Å². The first-order valence-corrected chi connectivity index (χ1v) is 24.2. The lowest BCUT2D eigenvalue weighted by atomic mass is 9.71. The van der Waals surface area contributed by atoms with Gasteiger partial charge in [-0.2, -0.15) is 0 Å². The van der Waals surface area contributed by atoms with Crippen LogP contribution in [0.3, 0.4) is 0 Å². The molecule has 0 saturated heterocycles. The molecule has 0 radical (unpaired) electrons. The van der Waals surface area contributed by atoms with Gasteiger partial charge in [-0.15, -0.1) is 0 Å². The van der Waals surface area contributed by atoms with Crippen LogP contribution in [0.4, 0.5) is 39.8 Å². The van der Waals surface area contributed by atoms with Gasteiger partial charge in [-0.25, -0.2) is 4.98 Å². The van der Waals surface area contributed by atoms with Crippen LogP contribution < -0.4 is 14.7 Å². The third-order valence-electron chi connectivity index (χ3n) is 14.3. The van der Waals surface area contributed by atoms with Crippen molar-refractivity contribution in [2.75, 3.05) is 21.4 Å². The van der Waals surface area contributed by atoms with Crippen LogP contribution in [0.2, 0.25) is 0 Å². The van der Waals surface area contributed by atoms with Crippen LogP contribution in [-0.2, 0) is 16.2 Å². The molecule has 340 valence electrons. The highest BCUT2D eigenvalue weighted by Gasteiger charge is 2.33. The van der Waals surface area contributed by atoms with E-state index in [-0.39, 0.29) is 10.8 Å². The normalized spacial score (nSPS) is 13.0. The van der Waals surface area contributed by atoms with Crippen molar-refractivity contribution >= 4 is 61.6 Å². The number of para-hydroxylation sites is 4. The number of hydrogen-bond acceptors (Lipinski definition) is 4. The van der Waals surface area contributed by atoms with Crippen molar-refractivity contribution in [3.63, 3.8) is 0 Å². The third-order valence-corrected chi connectivity index (χ3v) is 14.3. The highest BCUT2D eigenvalue weighted by atomic mass is 15.4. The number of hydrogen-bond donors (Lipinski definition) is 0. The Labute approximate surface area is 407 Å². The molecular formula is C64H59N5. The zero-order valence-electron chi connectivity index (χ0n) is 40.7. The van der Waals surface area contributed by atoms with E-state index in [0.29, 0.717) is 6.67 Å². The van der Waals surface area contributed by atoms with Crippen LogP contribution in [0.1, 0.15) is 76.3 Å². The van der Waals surface area contributed by atoms with E-state index in [4.69, 9.17) is 4.98 Å². The zero-order chi connectivity index (χ0) is 47.5. The number of pyridine rings is 1. The van der Waals surface area contributed by atoms with Gasteiger partial charge < -0.3 is 14.7 Å². The predicted octanol–water partition coefficient (Wildman–Crippen LogP) is 16.8. The maximum atomic E-state index is 5.15. The lowest BCUT2D eigenvalue weighted by molar-refractivity contribution is 0.568. The minimum absolute atomic E-state index is 0.00817. The second-order valence-corrected chi connectivity index (χ2v) is 20.8. The summed E-state index contributed by atoms with van der Waals surface area (Å²) in [5.41, 5.74) is 16.1. The van der Waals surface area contributed by atoms with Crippen molar-refractivity contribution in [2.24, 2.45) is 0 Å². The van der Waals surface area contributed by atoms with Crippen LogP contribution in [-0.4, -0.2) is 16.2 Å². The van der Waals surface area contributed by atoms with E-state index in [9.17, 15) is 0 Å². The molecule has 0 N–H and O–H groups in total. The van der Waals surface area contributed by atoms with Gasteiger partial charge in [0.15, 0.2) is 0 Å². The van der Waals surface area contributed by atoms with Crippen LogP contribution in [0.5, 0.6) is 0 Å². The topological polar surface area (TPSA) is 27.5 Å². The molecular weight excluding hydrogens is 839 g/mol. The van der Waals surface area contributed by atoms with Crippen molar-refractivity contribution in [1.29, 1.82) is 0 Å². The second kappa shape index (κ2) is 17.0. The Kier molecular flexibility index (Phi) is 10.8. The molecule has 0 fully saturated rings. The molecule has 69 heavy (non-hydrogen) atoms. The Balaban J connectivity index is 1.04. The highest BCUT2D eigenvalue weighted by molar-refractivity contribution is 6.10. The third kappa shape index (κ3) is 7.82. The molecule has 1 aliphatic heterocycles. The van der Waals surface area contributed by atoms with E-state index in [1.807, 2.05) is 6.20 Å². The summed E-state index contributed by atoms with van der Waals surface area (Å²) >= 11 is 0. The zero-order valence-corrected chi connectivity index (χ0v) is 40.7. The van der Waals surface area contributed by atoms with Crippen molar-refractivity contribution in [1.82, 2.24) is 9.55 Å². The lowest BCUT2D eigenvalue weighted by Gasteiger charge is -2.32. The number of nitrogens with zero attached hydrogens (tertiary/aromatic N) is 5. The molecule has 0 amide bonds. The summed E-state index contributed by atoms with van der Waals surface area (Å²) in [4.78, 5) is 12.5. The number of fused-ring (bicyclic) bond motifs is 4. The lowest BCUT2D eigenvalue weighted by Crippen LogP contribution is -2.25. The van der Waals surface area contributed by atoms with E-state index >= 15 is 0 Å². The van der Waals surface area contributed by atoms with Crippen LogP contribution in [0.15, 0.2) is 219 Å². The summed E-state index contributed by atoms with van der Waals surface area (Å²) in [7, 11) is 0. The molecule has 2 aromatic heterocycles. The number of anilines is 7. The van der Waals surface area contributed by atoms with Gasteiger partial charge in [0.1, 0.15) is 12.5 Å². The summed E-state index contributed by atoms with van der Waals surface area (Å²) in [6, 6.07) is 77.6. The molecule has 3 heterocycles. The Bertz CT molecular complexity index is 3400. The van der Waals surface area contributed by atoms with E-state index in [1.54, 1.807) is 0 Å². The molecule has 1 aliphatic rings. The summed E-state index contributed by atoms with van der Waals surface area (Å²) in [6.45, 7) is 16.9. The fourth-order valence-corrected chi connectivity index (χ4v) is 10.4. The first-order valence-electron chi connectivity index (χ1n) is 24.2. The van der Waals surface area contributed by atoms with Gasteiger partial charge in [-0.1, -0.05) is 169 Å². The van der Waals surface area contributed by atoms with E-state index in [1.165, 1.54) is 55.7 Å². The summed E-state index contributed by atoms with van der Waals surface area (Å²) < 4.78 is 2.35. The molecule has 0 aliphatic carbocycles. The van der Waals surface area contributed by atoms with Gasteiger partial charge >= 0.3 is 0 Å². The van der Waals surface area contributed by atoms with Crippen molar-refractivity contribution in [2.45, 2.75) is 64.7 Å². The summed E-state index contributed by atoms with van der Waals surface area (Å²) in [5, 5.41) is 2.37. The van der Waals surface area contributed by atoms with Gasteiger partial charge in [-0.3, -0.25) is 4.57 Å². The van der Waals surface area contributed by atoms with E-state index < -0.39 is 5.41 Å². The SMILES string of the molecule is CC(C)(C)c1cc(N2CN(c3cccc(N(c4ccccc4)c4ccc5c6ccccc6n(-c6cc(C(C)(c7ccccc7)c7ccccc7)ccn6)c5c4)c3)c3ccccc32)cc(C(C)(C)C)c1. The smallest absolute Gasteiger partial charge is 0.137 e. The fourth-order valence-electron chi connectivity index (χ4n) is 10.4. The first kappa shape index (κ1) is 43.7. The Morgan fingerprint density at radius 2 is 0.928 bits per heavy atom. The van der Waals surface area contributed by atoms with Crippen molar-refractivity contribution in [3.8, 4) is 5.82 Å². The maximum absolute atomic E-state index is 5.15. The number of benzene rings is 8. The molecule has 10 aromatic rings. The average Bonchev–Trinajstić information content (AvgIpc) is 3.93. The van der Waals surface area contributed by atoms with Crippen LogP contribution >= 0.6 is 0 Å². The Morgan fingerprint density at radius 1 is 0.391 bits per heavy atom. The highest BCUT2D eigenvalue weighted by Crippen LogP contribution is 2.48. The molecule has 0 saturated carbocycles. The minimum Gasteiger partial charge on any atom is -0.321 e. The van der Waals surface area contributed by atoms with E-state index in [0.717, 1.165) is 39.6 Å². The van der Waals surface area contributed by atoms with Crippen LogP contribution in [0.25, 0.3) is 27.6 Å². The monoisotopic (exact) mass is 897 g/mol. The molecule has 0 spiro atoms. The minimum atomic E-state index is -0.419. The predicted molar refractivity (Wildman–Crippen MR) is 291 cm³/mol. The number of rotatable bonds is 9. The second-order valence-electron chi connectivity index (χ2n) is 20.8. The first-order chi connectivity index (χ1) is 33.4. The van der Waals surface area contributed by atoms with Gasteiger partial charge in [0, 0.05) is 50.8 Å². The molecule has 5 heteroatoms. The number of aromatic nitrogens is 2. The molecule has 8 aromatic carbocycles. The Hall–Kier alpha value is -7.89. The average molecular weight is 898 g/mol. The molecule has 11 rings (SSSR count). The quantitative estimate of drug-likeness (QED) is 0.144. The molecule has 5 nitrogen and oxygen atoms in total. The summed E-state index contributed by atoms with van der Waals surface area (Å²) in [5.74, 6) is 0.877. The van der Waals surface area contributed by atoms with Gasteiger partial charge in [0.2, 0.25) is 0 Å². The van der Waals surface area contributed by atoms with E-state index in [2.05, 4.69) is 280 Å². The fraction of sp³-hybridized carbons (Fsp3) is 0.172. The standard InChI is InChI=1S/C64H59N5/c1-62(2,3)48-38-49(63(4,5)6)40-54(39-48)67-44-66(58-32-19-20-33-59(58)67)51-28-21-29-52(42-51)68(50-26-15-10-16-27-50)53-34-35-56-55-30-17-18-31-57(55)69(60(56)43-53)61-41-47(36-37-65-61)64(7,45-22-11-8-12-23-45)46-24-13-9-14-25-46/h8-43H,44H2,1-7H3.